The Morgan fingerprint density at radius 2 is 1.60 bits per heavy atom. The molecule has 0 aromatic carbocycles. The molecule has 0 aliphatic heterocycles. The predicted molar refractivity (Wildman–Crippen MR) is 34.3 cm³/mol. The first-order chi connectivity index (χ1) is 4.38. The Labute approximate surface area is 245 Å². The maximum Gasteiger partial charge on any atom is 0 e. The molecule has 15 heavy (non-hydrogen) atoms. The molecule has 6 radical (unpaired) electrons. The Kier molecular flexibility index (Phi) is 38.9. The first kappa shape index (κ1) is 32.7. The fourth-order valence-corrected chi connectivity index (χ4v) is 1.38. The maximum absolute atomic E-state index is 3.73. The average molecular weight is 669 g/mol. The van der Waals surface area contributed by atoms with Gasteiger partial charge in [-0.05, 0) is 6.92 Å². The topological polar surface area (TPSA) is 17.3 Å². The summed E-state index contributed by atoms with van der Waals surface area (Å²) in [4.78, 5) is 4.70. The van der Waals surface area contributed by atoms with Gasteiger partial charge < -0.3 is 33.2 Å². The van der Waals surface area contributed by atoms with Crippen molar-refractivity contribution in [2.75, 3.05) is 0 Å². The van der Waals surface area contributed by atoms with Crippen LogP contribution in [-0.4, -0.2) is 9.38 Å². The molecule has 0 aliphatic rings. The van der Waals surface area contributed by atoms with Gasteiger partial charge in [-0.15, -0.1) is 5.69 Å². The van der Waals surface area contributed by atoms with Gasteiger partial charge in [-0.1, -0.05) is 0 Å². The third-order valence-corrected chi connectivity index (χ3v) is 2.00. The third kappa shape index (κ3) is 10.2. The Balaban J connectivity index is -0.0000000556. The van der Waals surface area contributed by atoms with E-state index in [-0.39, 0.29) is 196 Å². The van der Waals surface area contributed by atoms with Crippen LogP contribution < -0.4 is 0 Å². The van der Waals surface area contributed by atoms with Crippen LogP contribution in [0, 0.1) is 24.8 Å². The predicted octanol–water partition coefficient (Wildman–Crippen LogP) is 1.09. The summed E-state index contributed by atoms with van der Waals surface area (Å²) >= 11 is 1.51. The van der Waals surface area contributed by atoms with Gasteiger partial charge in [0.1, 0.15) is 0 Å². The van der Waals surface area contributed by atoms with E-state index >= 15 is 0 Å². The molecule has 64 valence electrons. The van der Waals surface area contributed by atoms with Crippen molar-refractivity contribution in [1.29, 1.82) is 0 Å². The minimum absolute atomic E-state index is 0. The van der Waals surface area contributed by atoms with Crippen molar-refractivity contribution in [1.82, 2.24) is 9.38 Å². The van der Waals surface area contributed by atoms with Gasteiger partial charge in [-0.2, -0.15) is 5.38 Å². The fraction of sp³-hybridized carbons (Fsp3) is 0.167. The van der Waals surface area contributed by atoms with Crippen LogP contribution in [0.3, 0.4) is 0 Å². The molecule has 0 saturated heterocycles. The SMILES string of the molecule is Cc1[c-]sc2[c-]n[c-]n12.[Y].[Y].[Y].[Y].[Y].[Y]. The molecular weight excluding hydrogens is 666 g/mol. The van der Waals surface area contributed by atoms with Gasteiger partial charge in [-0.25, -0.2) is 0 Å². The molecule has 0 atom stereocenters. The number of thiazole rings is 1. The van der Waals surface area contributed by atoms with Crippen LogP contribution in [0.1, 0.15) is 5.69 Å². The van der Waals surface area contributed by atoms with Crippen molar-refractivity contribution in [3.05, 3.63) is 23.6 Å². The third-order valence-electron chi connectivity index (χ3n) is 1.14. The zero-order chi connectivity index (χ0) is 6.27. The van der Waals surface area contributed by atoms with Gasteiger partial charge in [0.15, 0.2) is 0 Å². The molecule has 2 nitrogen and oxygen atoms in total. The van der Waals surface area contributed by atoms with Gasteiger partial charge in [0.05, 0.1) is 0 Å². The standard InChI is InChI=1S/C6H3N2S.6Y/c1-5-3-9-6-2-7-4-8(5)6;;;;;;/h1H3;;;;;;/q-3;;;;;;. The van der Waals surface area contributed by atoms with Gasteiger partial charge in [0.25, 0.3) is 0 Å². The molecular formula is C6H3N2SY6-3. The van der Waals surface area contributed by atoms with Crippen LogP contribution in [0.15, 0.2) is 0 Å². The molecule has 0 amide bonds. The molecule has 2 aromatic rings. The summed E-state index contributed by atoms with van der Waals surface area (Å²) in [6.07, 6.45) is 5.54. The van der Waals surface area contributed by atoms with Crippen LogP contribution in [0.5, 0.6) is 0 Å². The number of hydrogen-bond acceptors (Lipinski definition) is 2. The second-order valence-corrected chi connectivity index (χ2v) is 2.55. The number of rotatable bonds is 0. The number of fused-ring (bicyclic) bond motifs is 1. The maximum atomic E-state index is 3.73. The van der Waals surface area contributed by atoms with E-state index in [0.717, 1.165) is 10.5 Å². The van der Waals surface area contributed by atoms with Crippen molar-refractivity contribution in [2.24, 2.45) is 0 Å². The summed E-state index contributed by atoms with van der Waals surface area (Å²) in [5.41, 5.74) is 1.05. The summed E-state index contributed by atoms with van der Waals surface area (Å²) < 4.78 is 1.84. The Morgan fingerprint density at radius 3 is 2.07 bits per heavy atom. The van der Waals surface area contributed by atoms with Gasteiger partial charge in [0, 0.05) is 196 Å². The fourth-order valence-electron chi connectivity index (χ4n) is 0.682. The van der Waals surface area contributed by atoms with E-state index in [9.17, 15) is 0 Å². The largest absolute Gasteiger partial charge is 0.676 e. The molecule has 2 rings (SSSR count). The Bertz CT molecular complexity index is 335. The minimum atomic E-state index is 0. The van der Waals surface area contributed by atoms with E-state index in [1.54, 1.807) is 0 Å². The molecule has 2 heterocycles. The van der Waals surface area contributed by atoms with Gasteiger partial charge in [-0.3, -0.25) is 4.83 Å². The number of aryl methyl sites for hydroxylation is 1. The Morgan fingerprint density at radius 1 is 1.07 bits per heavy atom. The zero-order valence-electron chi connectivity index (χ0n) is 8.27. The first-order valence-electron chi connectivity index (χ1n) is 2.53. The summed E-state index contributed by atoms with van der Waals surface area (Å²) in [7, 11) is 0. The van der Waals surface area contributed by atoms with Crippen molar-refractivity contribution in [2.45, 2.75) is 6.92 Å². The summed E-state index contributed by atoms with van der Waals surface area (Å²) in [6.45, 7) is 1.97. The normalized spacial score (nSPS) is 6.47. The molecule has 0 N–H and O–H groups in total. The Hall–Kier alpha value is 5.79. The van der Waals surface area contributed by atoms with Crippen LogP contribution in [0.4, 0.5) is 0 Å². The zero-order valence-corrected chi connectivity index (χ0v) is 26.1. The summed E-state index contributed by atoms with van der Waals surface area (Å²) in [5.74, 6) is 0. The van der Waals surface area contributed by atoms with E-state index in [1.165, 1.54) is 11.3 Å². The minimum Gasteiger partial charge on any atom is -0.676 e. The second-order valence-electron chi connectivity index (χ2n) is 1.75. The van der Waals surface area contributed by atoms with E-state index in [1.807, 2.05) is 11.3 Å². The van der Waals surface area contributed by atoms with Crippen molar-refractivity contribution >= 4 is 16.2 Å². The molecule has 0 fully saturated rings. The van der Waals surface area contributed by atoms with Crippen LogP contribution in [0.25, 0.3) is 4.83 Å². The molecule has 0 bridgehead atoms. The van der Waals surface area contributed by atoms with Crippen LogP contribution in [0.2, 0.25) is 0 Å². The smallest absolute Gasteiger partial charge is 0 e. The molecule has 9 heteroatoms. The van der Waals surface area contributed by atoms with E-state index in [2.05, 4.69) is 22.9 Å². The number of aromatic nitrogens is 2. The molecule has 2 aromatic heterocycles. The van der Waals surface area contributed by atoms with E-state index < -0.39 is 0 Å². The molecule has 0 saturated carbocycles. The number of hydrogen-bond donors (Lipinski definition) is 0. The summed E-state index contributed by atoms with van der Waals surface area (Å²) in [6, 6.07) is 0. The van der Waals surface area contributed by atoms with Gasteiger partial charge >= 0.3 is 0 Å². The van der Waals surface area contributed by atoms with Crippen LogP contribution >= 0.6 is 11.3 Å². The number of nitrogens with zero attached hydrogens (tertiary/aromatic N) is 2. The average Bonchev–Trinajstić information content (AvgIpc) is 2.35. The van der Waals surface area contributed by atoms with Crippen LogP contribution in [-0.2, 0) is 196 Å². The van der Waals surface area contributed by atoms with Crippen molar-refractivity contribution in [3.8, 4) is 0 Å². The first-order valence-corrected chi connectivity index (χ1v) is 3.34. The van der Waals surface area contributed by atoms with Crippen molar-refractivity contribution in [3.63, 3.8) is 0 Å². The molecule has 0 aliphatic carbocycles. The van der Waals surface area contributed by atoms with Crippen molar-refractivity contribution < 1.29 is 196 Å². The number of imidazole rings is 1. The van der Waals surface area contributed by atoms with E-state index in [0.29, 0.717) is 0 Å². The van der Waals surface area contributed by atoms with Gasteiger partial charge in [0.2, 0.25) is 0 Å². The van der Waals surface area contributed by atoms with E-state index in [4.69, 9.17) is 0 Å². The monoisotopic (exact) mass is 668 g/mol. The molecule has 0 unspecified atom stereocenters. The summed E-state index contributed by atoms with van der Waals surface area (Å²) in [5, 5.41) is 3.06. The molecule has 0 spiro atoms. The quantitative estimate of drug-likeness (QED) is 0.385. The second kappa shape index (κ2) is 17.8.